The SMILES string of the molecule is CCCNc1ccc2cc(NC(=O)/C=C/c3ccc(C(F)(F)F)cc3)ccc2n1. The van der Waals surface area contributed by atoms with E-state index in [-0.39, 0.29) is 5.91 Å². The average Bonchev–Trinajstić information content (AvgIpc) is 2.70. The van der Waals surface area contributed by atoms with E-state index < -0.39 is 11.7 Å². The molecule has 0 bridgehead atoms. The third-order valence-electron chi connectivity index (χ3n) is 4.18. The van der Waals surface area contributed by atoms with Crippen LogP contribution in [0.5, 0.6) is 0 Å². The van der Waals surface area contributed by atoms with E-state index in [1.165, 1.54) is 24.3 Å². The van der Waals surface area contributed by atoms with Gasteiger partial charge in [-0.25, -0.2) is 4.98 Å². The van der Waals surface area contributed by atoms with Crippen molar-refractivity contribution in [2.24, 2.45) is 0 Å². The molecule has 1 amide bonds. The van der Waals surface area contributed by atoms with Crippen LogP contribution in [0, 0.1) is 0 Å². The first kappa shape index (κ1) is 20.4. The molecule has 1 heterocycles. The van der Waals surface area contributed by atoms with Gasteiger partial charge >= 0.3 is 6.18 Å². The van der Waals surface area contributed by atoms with E-state index in [0.717, 1.165) is 41.8 Å². The van der Waals surface area contributed by atoms with Gasteiger partial charge in [0.25, 0.3) is 0 Å². The first-order valence-corrected chi connectivity index (χ1v) is 9.16. The molecule has 0 aliphatic rings. The molecule has 29 heavy (non-hydrogen) atoms. The third-order valence-corrected chi connectivity index (χ3v) is 4.18. The Morgan fingerprint density at radius 2 is 1.83 bits per heavy atom. The summed E-state index contributed by atoms with van der Waals surface area (Å²) in [6.07, 6.45) is -0.630. The van der Waals surface area contributed by atoms with Crippen LogP contribution in [0.15, 0.2) is 60.7 Å². The zero-order valence-corrected chi connectivity index (χ0v) is 15.8. The van der Waals surface area contributed by atoms with Gasteiger partial charge in [0.05, 0.1) is 11.1 Å². The summed E-state index contributed by atoms with van der Waals surface area (Å²) in [6.45, 7) is 2.92. The number of carbonyl (C=O) groups is 1. The fourth-order valence-corrected chi connectivity index (χ4v) is 2.69. The molecule has 3 rings (SSSR count). The molecular weight excluding hydrogens is 379 g/mol. The predicted octanol–water partition coefficient (Wildman–Crippen LogP) is 5.73. The van der Waals surface area contributed by atoms with Crippen LogP contribution in [0.2, 0.25) is 0 Å². The van der Waals surface area contributed by atoms with Crippen molar-refractivity contribution in [1.82, 2.24) is 4.98 Å². The number of carbonyl (C=O) groups excluding carboxylic acids is 1. The molecule has 0 aliphatic heterocycles. The second-order valence-corrected chi connectivity index (χ2v) is 6.47. The molecule has 4 nitrogen and oxygen atoms in total. The number of halogens is 3. The van der Waals surface area contributed by atoms with Gasteiger partial charge in [0.2, 0.25) is 5.91 Å². The van der Waals surface area contributed by atoms with Crippen molar-refractivity contribution in [1.29, 1.82) is 0 Å². The Balaban J connectivity index is 1.65. The fraction of sp³-hybridized carbons (Fsp3) is 0.182. The monoisotopic (exact) mass is 399 g/mol. The lowest BCUT2D eigenvalue weighted by Gasteiger charge is -2.07. The van der Waals surface area contributed by atoms with E-state index in [2.05, 4.69) is 22.5 Å². The van der Waals surface area contributed by atoms with Crippen LogP contribution >= 0.6 is 0 Å². The van der Waals surface area contributed by atoms with Crippen LogP contribution in [0.4, 0.5) is 24.7 Å². The zero-order valence-electron chi connectivity index (χ0n) is 15.8. The molecule has 0 saturated heterocycles. The number of aromatic nitrogens is 1. The van der Waals surface area contributed by atoms with Gasteiger partial charge in [-0.1, -0.05) is 19.1 Å². The highest BCUT2D eigenvalue weighted by Crippen LogP contribution is 2.29. The minimum Gasteiger partial charge on any atom is -0.370 e. The summed E-state index contributed by atoms with van der Waals surface area (Å²) in [5.41, 5.74) is 1.19. The number of anilines is 2. The molecule has 0 unspecified atom stereocenters. The van der Waals surface area contributed by atoms with Gasteiger partial charge in [-0.2, -0.15) is 13.2 Å². The lowest BCUT2D eigenvalue weighted by Crippen LogP contribution is -2.07. The molecule has 1 aromatic heterocycles. The number of nitrogens with zero attached hydrogens (tertiary/aromatic N) is 1. The summed E-state index contributed by atoms with van der Waals surface area (Å²) < 4.78 is 37.7. The van der Waals surface area contributed by atoms with Crippen molar-refractivity contribution in [3.8, 4) is 0 Å². The number of fused-ring (bicyclic) bond motifs is 1. The molecule has 0 fully saturated rings. The highest BCUT2D eigenvalue weighted by Gasteiger charge is 2.29. The number of rotatable bonds is 6. The van der Waals surface area contributed by atoms with Crippen molar-refractivity contribution in [2.45, 2.75) is 19.5 Å². The van der Waals surface area contributed by atoms with Crippen LogP contribution < -0.4 is 10.6 Å². The summed E-state index contributed by atoms with van der Waals surface area (Å²) in [4.78, 5) is 16.6. The third kappa shape index (κ3) is 5.57. The van der Waals surface area contributed by atoms with E-state index in [1.807, 2.05) is 24.3 Å². The minimum atomic E-state index is -4.38. The van der Waals surface area contributed by atoms with Crippen LogP contribution in [0.3, 0.4) is 0 Å². The average molecular weight is 399 g/mol. The molecule has 2 N–H and O–H groups in total. The lowest BCUT2D eigenvalue weighted by molar-refractivity contribution is -0.137. The van der Waals surface area contributed by atoms with Crippen LogP contribution in [0.1, 0.15) is 24.5 Å². The smallest absolute Gasteiger partial charge is 0.370 e. The van der Waals surface area contributed by atoms with Gasteiger partial charge in [0.15, 0.2) is 0 Å². The molecule has 0 aliphatic carbocycles. The Hall–Kier alpha value is -3.35. The fourth-order valence-electron chi connectivity index (χ4n) is 2.69. The largest absolute Gasteiger partial charge is 0.416 e. The van der Waals surface area contributed by atoms with Gasteiger partial charge in [-0.15, -0.1) is 0 Å². The second-order valence-electron chi connectivity index (χ2n) is 6.47. The van der Waals surface area contributed by atoms with E-state index in [9.17, 15) is 18.0 Å². The van der Waals surface area contributed by atoms with Crippen LogP contribution in [0.25, 0.3) is 17.0 Å². The van der Waals surface area contributed by atoms with Crippen molar-refractivity contribution in [2.75, 3.05) is 17.2 Å². The van der Waals surface area contributed by atoms with Gasteiger partial charge in [0, 0.05) is 23.7 Å². The maximum Gasteiger partial charge on any atom is 0.416 e. The van der Waals surface area contributed by atoms with Crippen molar-refractivity contribution < 1.29 is 18.0 Å². The van der Waals surface area contributed by atoms with Crippen molar-refractivity contribution in [3.63, 3.8) is 0 Å². The Labute approximate surface area is 166 Å². The molecule has 0 saturated carbocycles. The van der Waals surface area contributed by atoms with E-state index >= 15 is 0 Å². The Morgan fingerprint density at radius 3 is 2.52 bits per heavy atom. The summed E-state index contributed by atoms with van der Waals surface area (Å²) in [6, 6.07) is 13.8. The van der Waals surface area contributed by atoms with Gasteiger partial charge < -0.3 is 10.6 Å². The number of hydrogen-bond donors (Lipinski definition) is 2. The van der Waals surface area contributed by atoms with Gasteiger partial charge in [-0.05, 0) is 60.5 Å². The topological polar surface area (TPSA) is 54.0 Å². The summed E-state index contributed by atoms with van der Waals surface area (Å²) in [5, 5.41) is 6.85. The van der Waals surface area contributed by atoms with Crippen LogP contribution in [-0.2, 0) is 11.0 Å². The standard InChI is InChI=1S/C22H20F3N3O/c1-2-13-26-20-11-6-16-14-18(9-10-19(16)28-20)27-21(29)12-5-15-3-7-17(8-4-15)22(23,24)25/h3-12,14H,2,13H2,1H3,(H,26,28)(H,27,29)/b12-5+. The summed E-state index contributed by atoms with van der Waals surface area (Å²) in [5.74, 6) is 0.425. The molecule has 0 radical (unpaired) electrons. The molecule has 0 atom stereocenters. The quantitative estimate of drug-likeness (QED) is 0.521. The summed E-state index contributed by atoms with van der Waals surface area (Å²) >= 11 is 0. The Bertz CT molecular complexity index is 1030. The molecule has 7 heteroatoms. The molecule has 2 aromatic carbocycles. The number of hydrogen-bond acceptors (Lipinski definition) is 3. The first-order valence-electron chi connectivity index (χ1n) is 9.16. The second kappa shape index (κ2) is 8.77. The maximum absolute atomic E-state index is 12.6. The Kier molecular flexibility index (Phi) is 6.16. The summed E-state index contributed by atoms with van der Waals surface area (Å²) in [7, 11) is 0. The minimum absolute atomic E-state index is 0.376. The highest BCUT2D eigenvalue weighted by molar-refractivity contribution is 6.03. The van der Waals surface area contributed by atoms with Gasteiger partial charge in [0.1, 0.15) is 5.82 Å². The first-order chi connectivity index (χ1) is 13.8. The van der Waals surface area contributed by atoms with Crippen molar-refractivity contribution >= 4 is 34.4 Å². The number of benzene rings is 2. The Morgan fingerprint density at radius 1 is 1.07 bits per heavy atom. The maximum atomic E-state index is 12.6. The number of pyridine rings is 1. The molecule has 0 spiro atoms. The molecule has 3 aromatic rings. The van der Waals surface area contributed by atoms with E-state index in [0.29, 0.717) is 11.3 Å². The predicted molar refractivity (Wildman–Crippen MR) is 110 cm³/mol. The van der Waals surface area contributed by atoms with Crippen molar-refractivity contribution in [3.05, 3.63) is 71.8 Å². The van der Waals surface area contributed by atoms with Gasteiger partial charge in [-0.3, -0.25) is 4.79 Å². The zero-order chi connectivity index (χ0) is 20.9. The molecule has 150 valence electrons. The lowest BCUT2D eigenvalue weighted by atomic mass is 10.1. The molecular formula is C22H20F3N3O. The number of alkyl halides is 3. The van der Waals surface area contributed by atoms with E-state index in [1.54, 1.807) is 6.07 Å². The highest BCUT2D eigenvalue weighted by atomic mass is 19.4. The van der Waals surface area contributed by atoms with E-state index in [4.69, 9.17) is 0 Å². The number of amides is 1. The normalized spacial score (nSPS) is 11.7. The van der Waals surface area contributed by atoms with Crippen LogP contribution in [-0.4, -0.2) is 17.4 Å². The number of nitrogens with one attached hydrogen (secondary N) is 2.